The van der Waals surface area contributed by atoms with Gasteiger partial charge in [-0.1, -0.05) is 38.7 Å². The maximum atomic E-state index is 11.1. The molecule has 0 radical (unpaired) electrons. The molecule has 0 spiro atoms. The summed E-state index contributed by atoms with van der Waals surface area (Å²) >= 11 is 0. The van der Waals surface area contributed by atoms with Crippen LogP contribution in [0.1, 0.15) is 49.4 Å². The first-order chi connectivity index (χ1) is 10.2. The molecule has 2 aromatic rings. The van der Waals surface area contributed by atoms with Crippen molar-refractivity contribution in [2.45, 2.75) is 39.0 Å². The van der Waals surface area contributed by atoms with Crippen molar-refractivity contribution in [3.8, 4) is 5.88 Å². The van der Waals surface area contributed by atoms with Crippen molar-refractivity contribution in [3.05, 3.63) is 35.9 Å². The number of unbranched alkanes of at least 4 members (excludes halogenated alkanes) is 4. The number of aromatic nitrogens is 1. The third kappa shape index (κ3) is 4.18. The van der Waals surface area contributed by atoms with Gasteiger partial charge in [0, 0.05) is 11.5 Å². The number of carbonyl (C=O) groups is 1. The first-order valence-electron chi connectivity index (χ1n) is 7.48. The minimum atomic E-state index is -0.938. The van der Waals surface area contributed by atoms with Gasteiger partial charge >= 0.3 is 5.97 Å². The Morgan fingerprint density at radius 2 is 1.95 bits per heavy atom. The Morgan fingerprint density at radius 3 is 2.71 bits per heavy atom. The van der Waals surface area contributed by atoms with Crippen LogP contribution in [0, 0.1) is 0 Å². The lowest BCUT2D eigenvalue weighted by Crippen LogP contribution is -2.01. The van der Waals surface area contributed by atoms with Crippen LogP contribution in [0.3, 0.4) is 0 Å². The number of carboxylic acids is 1. The van der Waals surface area contributed by atoms with Crippen molar-refractivity contribution >= 4 is 16.9 Å². The third-order valence-corrected chi connectivity index (χ3v) is 3.43. The van der Waals surface area contributed by atoms with Gasteiger partial charge in [-0.15, -0.1) is 0 Å². The minimum Gasteiger partial charge on any atom is -0.478 e. The molecule has 1 heterocycles. The van der Waals surface area contributed by atoms with Crippen LogP contribution < -0.4 is 4.74 Å². The largest absolute Gasteiger partial charge is 0.478 e. The topological polar surface area (TPSA) is 59.4 Å². The summed E-state index contributed by atoms with van der Waals surface area (Å²) in [7, 11) is 0. The Balaban J connectivity index is 1.98. The first-order valence-corrected chi connectivity index (χ1v) is 7.48. The summed E-state index contributed by atoms with van der Waals surface area (Å²) in [5.41, 5.74) is 0.921. The van der Waals surface area contributed by atoms with Gasteiger partial charge in [0.25, 0.3) is 0 Å². The van der Waals surface area contributed by atoms with Crippen molar-refractivity contribution in [2.24, 2.45) is 0 Å². The van der Waals surface area contributed by atoms with Crippen molar-refractivity contribution in [2.75, 3.05) is 6.61 Å². The monoisotopic (exact) mass is 287 g/mol. The number of ether oxygens (including phenoxy) is 1. The van der Waals surface area contributed by atoms with Crippen LogP contribution in [0.5, 0.6) is 5.88 Å². The van der Waals surface area contributed by atoms with Gasteiger partial charge in [-0.25, -0.2) is 9.78 Å². The van der Waals surface area contributed by atoms with Gasteiger partial charge < -0.3 is 9.84 Å². The number of pyridine rings is 1. The molecule has 1 aromatic carbocycles. The molecule has 21 heavy (non-hydrogen) atoms. The quantitative estimate of drug-likeness (QED) is 0.736. The molecule has 0 aliphatic rings. The Kier molecular flexibility index (Phi) is 5.55. The Labute approximate surface area is 124 Å². The van der Waals surface area contributed by atoms with Gasteiger partial charge in [0.2, 0.25) is 5.88 Å². The first kappa shape index (κ1) is 15.3. The molecule has 0 fully saturated rings. The number of hydrogen-bond donors (Lipinski definition) is 1. The van der Waals surface area contributed by atoms with E-state index >= 15 is 0 Å². The summed E-state index contributed by atoms with van der Waals surface area (Å²) in [5, 5.41) is 9.78. The lowest BCUT2D eigenvalue weighted by atomic mass is 10.1. The Morgan fingerprint density at radius 1 is 1.14 bits per heavy atom. The number of fused-ring (bicyclic) bond motifs is 1. The highest BCUT2D eigenvalue weighted by Crippen LogP contribution is 2.20. The smallest absolute Gasteiger partial charge is 0.336 e. The van der Waals surface area contributed by atoms with Crippen LogP contribution in [-0.2, 0) is 0 Å². The van der Waals surface area contributed by atoms with E-state index in [1.807, 2.05) is 0 Å². The molecular formula is C17H21NO3. The molecule has 1 N–H and O–H groups in total. The zero-order chi connectivity index (χ0) is 15.1. The van der Waals surface area contributed by atoms with E-state index < -0.39 is 5.97 Å². The molecule has 2 rings (SSSR count). The van der Waals surface area contributed by atoms with Crippen molar-refractivity contribution in [3.63, 3.8) is 0 Å². The number of carboxylic acid groups (broad SMARTS) is 1. The number of nitrogens with zero attached hydrogens (tertiary/aromatic N) is 1. The summed E-state index contributed by atoms with van der Waals surface area (Å²) in [4.78, 5) is 15.5. The average molecular weight is 287 g/mol. The molecule has 0 unspecified atom stereocenters. The second kappa shape index (κ2) is 7.62. The van der Waals surface area contributed by atoms with Crippen LogP contribution in [0.15, 0.2) is 30.3 Å². The second-order valence-electron chi connectivity index (χ2n) is 5.09. The standard InChI is InChI=1S/C17H21NO3/c1-2-3-4-5-6-12-21-16-11-10-13-14(17(19)20)8-7-9-15(13)18-16/h7-11H,2-6,12H2,1H3,(H,19,20). The van der Waals surface area contributed by atoms with Gasteiger partial charge in [-0.2, -0.15) is 0 Å². The van der Waals surface area contributed by atoms with Crippen molar-refractivity contribution in [1.82, 2.24) is 4.98 Å². The molecule has 4 heteroatoms. The number of aromatic carboxylic acids is 1. The molecule has 1 aromatic heterocycles. The van der Waals surface area contributed by atoms with Crippen LogP contribution in [-0.4, -0.2) is 22.7 Å². The highest BCUT2D eigenvalue weighted by atomic mass is 16.5. The van der Waals surface area contributed by atoms with Crippen LogP contribution >= 0.6 is 0 Å². The fraction of sp³-hybridized carbons (Fsp3) is 0.412. The summed E-state index contributed by atoms with van der Waals surface area (Å²) in [6, 6.07) is 8.59. The van der Waals surface area contributed by atoms with E-state index in [1.165, 1.54) is 25.7 Å². The predicted molar refractivity (Wildman–Crippen MR) is 83.0 cm³/mol. The van der Waals surface area contributed by atoms with E-state index in [1.54, 1.807) is 30.3 Å². The third-order valence-electron chi connectivity index (χ3n) is 3.43. The van der Waals surface area contributed by atoms with Gasteiger partial charge in [-0.3, -0.25) is 0 Å². The van der Waals surface area contributed by atoms with E-state index in [-0.39, 0.29) is 5.56 Å². The molecular weight excluding hydrogens is 266 g/mol. The normalized spacial score (nSPS) is 10.7. The predicted octanol–water partition coefficient (Wildman–Crippen LogP) is 4.28. The molecule has 0 aliphatic carbocycles. The van der Waals surface area contributed by atoms with Crippen LogP contribution in [0.2, 0.25) is 0 Å². The van der Waals surface area contributed by atoms with E-state index in [2.05, 4.69) is 11.9 Å². The van der Waals surface area contributed by atoms with Crippen molar-refractivity contribution in [1.29, 1.82) is 0 Å². The summed E-state index contributed by atoms with van der Waals surface area (Å²) < 4.78 is 5.64. The average Bonchev–Trinajstić information content (AvgIpc) is 2.49. The maximum Gasteiger partial charge on any atom is 0.336 e. The Bertz CT molecular complexity index is 610. The molecule has 0 saturated carbocycles. The number of benzene rings is 1. The summed E-state index contributed by atoms with van der Waals surface area (Å²) in [6.45, 7) is 2.85. The lowest BCUT2D eigenvalue weighted by molar-refractivity contribution is 0.0699. The molecule has 0 saturated heterocycles. The van der Waals surface area contributed by atoms with E-state index in [0.717, 1.165) is 6.42 Å². The molecule has 0 atom stereocenters. The van der Waals surface area contributed by atoms with Gasteiger partial charge in [0.1, 0.15) is 0 Å². The van der Waals surface area contributed by atoms with Crippen molar-refractivity contribution < 1.29 is 14.6 Å². The lowest BCUT2D eigenvalue weighted by Gasteiger charge is -2.07. The highest BCUT2D eigenvalue weighted by molar-refractivity contribution is 6.02. The fourth-order valence-electron chi connectivity index (χ4n) is 2.29. The summed E-state index contributed by atoms with van der Waals surface area (Å²) in [5.74, 6) is -0.382. The summed E-state index contributed by atoms with van der Waals surface area (Å²) in [6.07, 6.45) is 5.94. The highest BCUT2D eigenvalue weighted by Gasteiger charge is 2.09. The van der Waals surface area contributed by atoms with Gasteiger partial charge in [-0.05, 0) is 24.6 Å². The Hall–Kier alpha value is -2.10. The molecule has 4 nitrogen and oxygen atoms in total. The van der Waals surface area contributed by atoms with E-state index in [9.17, 15) is 4.79 Å². The minimum absolute atomic E-state index is 0.270. The SMILES string of the molecule is CCCCCCCOc1ccc2c(C(=O)O)cccc2n1. The second-order valence-corrected chi connectivity index (χ2v) is 5.09. The van der Waals surface area contributed by atoms with E-state index in [4.69, 9.17) is 9.84 Å². The zero-order valence-electron chi connectivity index (χ0n) is 12.3. The number of hydrogen-bond acceptors (Lipinski definition) is 3. The maximum absolute atomic E-state index is 11.1. The molecule has 0 bridgehead atoms. The molecule has 112 valence electrons. The fourth-order valence-corrected chi connectivity index (χ4v) is 2.29. The zero-order valence-corrected chi connectivity index (χ0v) is 12.3. The molecule has 0 amide bonds. The van der Waals surface area contributed by atoms with Gasteiger partial charge in [0.05, 0.1) is 17.7 Å². The van der Waals surface area contributed by atoms with Crippen LogP contribution in [0.25, 0.3) is 10.9 Å². The molecule has 0 aliphatic heterocycles. The number of rotatable bonds is 8. The van der Waals surface area contributed by atoms with E-state index in [0.29, 0.717) is 23.4 Å². The van der Waals surface area contributed by atoms with Gasteiger partial charge in [0.15, 0.2) is 0 Å². The van der Waals surface area contributed by atoms with Crippen LogP contribution in [0.4, 0.5) is 0 Å².